The van der Waals surface area contributed by atoms with Gasteiger partial charge in [-0.2, -0.15) is 0 Å². The first-order valence-corrected chi connectivity index (χ1v) is 7.08. The molecule has 0 radical (unpaired) electrons. The lowest BCUT2D eigenvalue weighted by molar-refractivity contribution is 0.0567. The van der Waals surface area contributed by atoms with E-state index >= 15 is 0 Å². The van der Waals surface area contributed by atoms with Crippen LogP contribution < -0.4 is 10.5 Å². The van der Waals surface area contributed by atoms with Crippen molar-refractivity contribution in [3.05, 3.63) is 20.3 Å². The number of ether oxygens (including phenoxy) is 1. The van der Waals surface area contributed by atoms with Gasteiger partial charge in [-0.3, -0.25) is 4.79 Å². The van der Waals surface area contributed by atoms with Crippen molar-refractivity contribution in [3.8, 4) is 0 Å². The van der Waals surface area contributed by atoms with Gasteiger partial charge in [-0.05, 0) is 22.6 Å². The summed E-state index contributed by atoms with van der Waals surface area (Å²) in [6.45, 7) is 2.20. The van der Waals surface area contributed by atoms with E-state index in [1.54, 1.807) is 0 Å². The Kier molecular flexibility index (Phi) is 4.20. The van der Waals surface area contributed by atoms with Crippen molar-refractivity contribution in [3.63, 3.8) is 0 Å². The molecule has 1 saturated heterocycles. The van der Waals surface area contributed by atoms with Gasteiger partial charge in [0.25, 0.3) is 5.56 Å². The molecule has 2 rings (SSSR count). The Labute approximate surface area is 115 Å². The van der Waals surface area contributed by atoms with Gasteiger partial charge in [0, 0.05) is 18.4 Å². The molecular formula is C9H11BrIN3O2. The van der Waals surface area contributed by atoms with Gasteiger partial charge in [0.1, 0.15) is 9.39 Å². The standard InChI is InChI=1S/C9H11BrIN3O2/c10-3-6-4-14(1-2-16-6)8-7(11)9(15)13-5-12-8/h5-6H,1-4H2,(H,12,13,15). The van der Waals surface area contributed by atoms with Crippen LogP contribution in [0.15, 0.2) is 11.1 Å². The topological polar surface area (TPSA) is 58.2 Å². The highest BCUT2D eigenvalue weighted by atomic mass is 127. The minimum Gasteiger partial charge on any atom is -0.374 e. The van der Waals surface area contributed by atoms with Gasteiger partial charge in [0.2, 0.25) is 0 Å². The number of nitrogens with zero attached hydrogens (tertiary/aromatic N) is 2. The lowest BCUT2D eigenvalue weighted by Gasteiger charge is -2.33. The number of H-pyrrole nitrogens is 1. The zero-order chi connectivity index (χ0) is 11.5. The molecule has 88 valence electrons. The number of aromatic amines is 1. The van der Waals surface area contributed by atoms with E-state index in [0.29, 0.717) is 10.2 Å². The summed E-state index contributed by atoms with van der Waals surface area (Å²) in [4.78, 5) is 20.3. The SMILES string of the molecule is O=c1[nH]cnc(N2CCOC(CBr)C2)c1I. The molecule has 0 aliphatic carbocycles. The molecule has 1 unspecified atom stereocenters. The summed E-state index contributed by atoms with van der Waals surface area (Å²) >= 11 is 5.43. The van der Waals surface area contributed by atoms with Crippen LogP contribution in [0.1, 0.15) is 0 Å². The summed E-state index contributed by atoms with van der Waals surface area (Å²) in [5.74, 6) is 0.749. The second-order valence-electron chi connectivity index (χ2n) is 3.46. The second kappa shape index (κ2) is 5.46. The van der Waals surface area contributed by atoms with Gasteiger partial charge in [-0.15, -0.1) is 0 Å². The van der Waals surface area contributed by atoms with Gasteiger partial charge in [-0.25, -0.2) is 4.98 Å². The smallest absolute Gasteiger partial charge is 0.266 e. The van der Waals surface area contributed by atoms with Crippen molar-refractivity contribution in [2.24, 2.45) is 0 Å². The molecule has 1 atom stereocenters. The van der Waals surface area contributed by atoms with Crippen LogP contribution in [0.5, 0.6) is 0 Å². The van der Waals surface area contributed by atoms with E-state index in [0.717, 1.165) is 24.2 Å². The maximum absolute atomic E-state index is 11.5. The van der Waals surface area contributed by atoms with E-state index in [1.807, 2.05) is 22.6 Å². The molecule has 0 bridgehead atoms. The number of morpholine rings is 1. The van der Waals surface area contributed by atoms with Crippen molar-refractivity contribution >= 4 is 44.3 Å². The number of aromatic nitrogens is 2. The third-order valence-electron chi connectivity index (χ3n) is 2.39. The minimum absolute atomic E-state index is 0.0903. The van der Waals surface area contributed by atoms with Crippen LogP contribution in [-0.4, -0.2) is 41.1 Å². The van der Waals surface area contributed by atoms with Crippen molar-refractivity contribution in [1.29, 1.82) is 0 Å². The third kappa shape index (κ3) is 2.57. The zero-order valence-electron chi connectivity index (χ0n) is 8.45. The summed E-state index contributed by atoms with van der Waals surface area (Å²) < 4.78 is 6.18. The molecule has 1 aromatic heterocycles. The Bertz CT molecular complexity index is 425. The predicted molar refractivity (Wildman–Crippen MR) is 73.3 cm³/mol. The van der Waals surface area contributed by atoms with E-state index < -0.39 is 0 Å². The number of hydrogen-bond donors (Lipinski definition) is 1. The highest BCUT2D eigenvalue weighted by Gasteiger charge is 2.22. The van der Waals surface area contributed by atoms with Crippen LogP contribution in [0.25, 0.3) is 0 Å². The number of halogens is 2. The van der Waals surface area contributed by atoms with Crippen LogP contribution in [0.2, 0.25) is 0 Å². The molecule has 1 fully saturated rings. The highest BCUT2D eigenvalue weighted by molar-refractivity contribution is 14.1. The van der Waals surface area contributed by atoms with E-state index in [1.165, 1.54) is 6.33 Å². The van der Waals surface area contributed by atoms with Gasteiger partial charge in [0.05, 0.1) is 19.0 Å². The van der Waals surface area contributed by atoms with Crippen molar-refractivity contribution in [2.75, 3.05) is 29.9 Å². The number of nitrogens with one attached hydrogen (secondary N) is 1. The van der Waals surface area contributed by atoms with E-state index in [4.69, 9.17) is 4.74 Å². The summed E-state index contributed by atoms with van der Waals surface area (Å²) in [5, 5.41) is 0.795. The molecule has 5 nitrogen and oxygen atoms in total. The number of hydrogen-bond acceptors (Lipinski definition) is 4. The molecule has 0 amide bonds. The Morgan fingerprint density at radius 3 is 3.31 bits per heavy atom. The number of rotatable bonds is 2. The Balaban J connectivity index is 2.23. The van der Waals surface area contributed by atoms with Gasteiger partial charge < -0.3 is 14.6 Å². The van der Waals surface area contributed by atoms with Crippen molar-refractivity contribution in [2.45, 2.75) is 6.10 Å². The summed E-state index contributed by atoms with van der Waals surface area (Å²) in [6, 6.07) is 0. The molecule has 1 aromatic rings. The summed E-state index contributed by atoms with van der Waals surface area (Å²) in [7, 11) is 0. The predicted octanol–water partition coefficient (Wildman–Crippen LogP) is 0.975. The van der Waals surface area contributed by atoms with E-state index in [-0.39, 0.29) is 11.7 Å². The maximum Gasteiger partial charge on any atom is 0.266 e. The first kappa shape index (κ1) is 12.3. The Morgan fingerprint density at radius 1 is 1.75 bits per heavy atom. The molecule has 16 heavy (non-hydrogen) atoms. The molecule has 7 heteroatoms. The number of alkyl halides is 1. The monoisotopic (exact) mass is 399 g/mol. The van der Waals surface area contributed by atoms with Crippen LogP contribution in [0, 0.1) is 3.57 Å². The van der Waals surface area contributed by atoms with E-state index in [2.05, 4.69) is 30.8 Å². The van der Waals surface area contributed by atoms with Crippen LogP contribution in [0.3, 0.4) is 0 Å². The first-order chi connectivity index (χ1) is 7.72. The molecule has 0 aromatic carbocycles. The lowest BCUT2D eigenvalue weighted by atomic mass is 10.3. The normalized spacial score (nSPS) is 21.1. The fraction of sp³-hybridized carbons (Fsp3) is 0.556. The van der Waals surface area contributed by atoms with Crippen molar-refractivity contribution in [1.82, 2.24) is 9.97 Å². The first-order valence-electron chi connectivity index (χ1n) is 4.88. The van der Waals surface area contributed by atoms with Crippen molar-refractivity contribution < 1.29 is 4.74 Å². The van der Waals surface area contributed by atoms with E-state index in [9.17, 15) is 4.79 Å². The molecule has 1 N–H and O–H groups in total. The van der Waals surface area contributed by atoms with Crippen LogP contribution in [-0.2, 0) is 4.74 Å². The molecule has 0 saturated carbocycles. The molecule has 1 aliphatic rings. The zero-order valence-corrected chi connectivity index (χ0v) is 12.2. The summed E-state index contributed by atoms with van der Waals surface area (Å²) in [6.07, 6.45) is 1.60. The van der Waals surface area contributed by atoms with Gasteiger partial charge in [0.15, 0.2) is 0 Å². The fourth-order valence-corrected chi connectivity index (χ4v) is 2.63. The third-order valence-corrected chi connectivity index (χ3v) is 4.08. The fourth-order valence-electron chi connectivity index (χ4n) is 1.60. The van der Waals surface area contributed by atoms with Crippen LogP contribution in [0.4, 0.5) is 5.82 Å². The molecule has 2 heterocycles. The van der Waals surface area contributed by atoms with Gasteiger partial charge >= 0.3 is 0 Å². The number of anilines is 1. The molecule has 0 spiro atoms. The Hall–Kier alpha value is -0.150. The average molecular weight is 400 g/mol. The average Bonchev–Trinajstić information content (AvgIpc) is 2.33. The highest BCUT2D eigenvalue weighted by Crippen LogP contribution is 2.18. The molecule has 1 aliphatic heterocycles. The summed E-state index contributed by atoms with van der Waals surface area (Å²) in [5.41, 5.74) is -0.0903. The second-order valence-corrected chi connectivity index (χ2v) is 5.19. The lowest BCUT2D eigenvalue weighted by Crippen LogP contribution is -2.44. The largest absolute Gasteiger partial charge is 0.374 e. The van der Waals surface area contributed by atoms with Crippen LogP contribution >= 0.6 is 38.5 Å². The minimum atomic E-state index is -0.0903. The Morgan fingerprint density at radius 2 is 2.56 bits per heavy atom. The van der Waals surface area contributed by atoms with Gasteiger partial charge in [-0.1, -0.05) is 15.9 Å². The molecular weight excluding hydrogens is 389 g/mol. The maximum atomic E-state index is 11.5. The quantitative estimate of drug-likeness (QED) is 0.594.